The third-order valence-electron chi connectivity index (χ3n) is 2.45. The average Bonchev–Trinajstić information content (AvgIpc) is 2.24. The molecule has 0 aliphatic carbocycles. The Morgan fingerprint density at radius 2 is 1.76 bits per heavy atom. The van der Waals surface area contributed by atoms with E-state index < -0.39 is 10.8 Å². The van der Waals surface area contributed by atoms with Crippen LogP contribution < -0.4 is 5.32 Å². The van der Waals surface area contributed by atoms with E-state index in [1.54, 1.807) is 0 Å². The van der Waals surface area contributed by atoms with Crippen molar-refractivity contribution in [1.29, 1.82) is 0 Å². The summed E-state index contributed by atoms with van der Waals surface area (Å²) in [7, 11) is -0.860. The molecule has 0 saturated carbocycles. The van der Waals surface area contributed by atoms with E-state index in [4.69, 9.17) is 0 Å². The van der Waals surface area contributed by atoms with Gasteiger partial charge in [-0.1, -0.05) is 17.7 Å². The van der Waals surface area contributed by atoms with Crippen LogP contribution in [-0.2, 0) is 10.8 Å². The quantitative estimate of drug-likeness (QED) is 0.818. The Hall–Kier alpha value is -0.670. The zero-order chi connectivity index (χ0) is 12.9. The third kappa shape index (κ3) is 5.99. The molecule has 0 heterocycles. The fourth-order valence-electron chi connectivity index (χ4n) is 1.47. The van der Waals surface area contributed by atoms with Crippen molar-refractivity contribution in [2.24, 2.45) is 0 Å². The van der Waals surface area contributed by atoms with E-state index in [1.807, 2.05) is 31.2 Å². The minimum absolute atomic E-state index is 0.144. The van der Waals surface area contributed by atoms with E-state index in [0.717, 1.165) is 23.6 Å². The van der Waals surface area contributed by atoms with Gasteiger partial charge < -0.3 is 5.32 Å². The lowest BCUT2D eigenvalue weighted by Gasteiger charge is -2.20. The van der Waals surface area contributed by atoms with Gasteiger partial charge in [-0.05, 0) is 52.8 Å². The molecule has 0 aliphatic heterocycles. The molecule has 1 atom stereocenters. The smallest absolute Gasteiger partial charge is 0.0529 e. The van der Waals surface area contributed by atoms with Crippen LogP contribution in [0.25, 0.3) is 0 Å². The van der Waals surface area contributed by atoms with Crippen molar-refractivity contribution in [1.82, 2.24) is 5.32 Å². The molecule has 1 aromatic rings. The van der Waals surface area contributed by atoms with Gasteiger partial charge in [0.2, 0.25) is 0 Å². The molecule has 0 aromatic heterocycles. The van der Waals surface area contributed by atoms with Crippen LogP contribution in [0.2, 0.25) is 0 Å². The van der Waals surface area contributed by atoms with Gasteiger partial charge in [-0.25, -0.2) is 0 Å². The number of aryl methyl sites for hydroxylation is 1. The van der Waals surface area contributed by atoms with Crippen LogP contribution in [0.3, 0.4) is 0 Å². The summed E-state index contributed by atoms with van der Waals surface area (Å²) in [5, 5.41) is 3.40. The van der Waals surface area contributed by atoms with Crippen molar-refractivity contribution in [2.75, 3.05) is 12.3 Å². The van der Waals surface area contributed by atoms with Gasteiger partial charge in [0, 0.05) is 16.2 Å². The van der Waals surface area contributed by atoms with Gasteiger partial charge in [0.05, 0.1) is 10.8 Å². The van der Waals surface area contributed by atoms with Gasteiger partial charge in [0.15, 0.2) is 0 Å². The summed E-state index contributed by atoms with van der Waals surface area (Å²) in [5.74, 6) is 0.728. The molecule has 0 amide bonds. The average molecular weight is 253 g/mol. The summed E-state index contributed by atoms with van der Waals surface area (Å²) in [6.07, 6.45) is 0.942. The second-order valence-electron chi connectivity index (χ2n) is 5.39. The predicted molar refractivity (Wildman–Crippen MR) is 74.8 cm³/mol. The van der Waals surface area contributed by atoms with E-state index in [9.17, 15) is 4.21 Å². The highest BCUT2D eigenvalue weighted by molar-refractivity contribution is 7.85. The molecule has 0 fully saturated rings. The summed E-state index contributed by atoms with van der Waals surface area (Å²) in [6.45, 7) is 9.39. The lowest BCUT2D eigenvalue weighted by atomic mass is 10.1. The van der Waals surface area contributed by atoms with Crippen molar-refractivity contribution in [3.63, 3.8) is 0 Å². The SMILES string of the molecule is Cc1ccc(S(=O)CCCNC(C)(C)C)cc1. The highest BCUT2D eigenvalue weighted by Gasteiger charge is 2.08. The van der Waals surface area contributed by atoms with Crippen molar-refractivity contribution < 1.29 is 4.21 Å². The van der Waals surface area contributed by atoms with Crippen molar-refractivity contribution >= 4 is 10.8 Å². The summed E-state index contributed by atoms with van der Waals surface area (Å²) in [4.78, 5) is 0.936. The molecule has 0 radical (unpaired) electrons. The lowest BCUT2D eigenvalue weighted by Crippen LogP contribution is -2.36. The summed E-state index contributed by atoms with van der Waals surface area (Å²) >= 11 is 0. The molecule has 1 rings (SSSR count). The monoisotopic (exact) mass is 253 g/mol. The Morgan fingerprint density at radius 3 is 2.29 bits per heavy atom. The van der Waals surface area contributed by atoms with Crippen LogP contribution in [-0.4, -0.2) is 22.0 Å². The number of hydrogen-bond donors (Lipinski definition) is 1. The first-order valence-electron chi connectivity index (χ1n) is 6.08. The second-order valence-corrected chi connectivity index (χ2v) is 6.96. The van der Waals surface area contributed by atoms with Crippen LogP contribution in [0.4, 0.5) is 0 Å². The minimum Gasteiger partial charge on any atom is -0.312 e. The maximum atomic E-state index is 12.0. The fourth-order valence-corrected chi connectivity index (χ4v) is 2.56. The molecule has 3 heteroatoms. The van der Waals surface area contributed by atoms with E-state index in [2.05, 4.69) is 26.1 Å². The van der Waals surface area contributed by atoms with Gasteiger partial charge in [0.1, 0.15) is 0 Å². The number of nitrogens with one attached hydrogen (secondary N) is 1. The molecule has 1 aromatic carbocycles. The Morgan fingerprint density at radius 1 is 1.18 bits per heavy atom. The zero-order valence-corrected chi connectivity index (χ0v) is 12.1. The topological polar surface area (TPSA) is 29.1 Å². The summed E-state index contributed by atoms with van der Waals surface area (Å²) < 4.78 is 12.0. The molecule has 96 valence electrons. The Balaban J connectivity index is 2.33. The van der Waals surface area contributed by atoms with Crippen LogP contribution >= 0.6 is 0 Å². The zero-order valence-electron chi connectivity index (χ0n) is 11.2. The molecular formula is C14H23NOS. The molecule has 2 nitrogen and oxygen atoms in total. The first-order valence-corrected chi connectivity index (χ1v) is 7.40. The summed E-state index contributed by atoms with van der Waals surface area (Å²) in [6, 6.07) is 7.95. The molecule has 0 spiro atoms. The van der Waals surface area contributed by atoms with Crippen molar-refractivity contribution in [2.45, 2.75) is 44.6 Å². The highest BCUT2D eigenvalue weighted by Crippen LogP contribution is 2.09. The van der Waals surface area contributed by atoms with Gasteiger partial charge in [-0.15, -0.1) is 0 Å². The second kappa shape index (κ2) is 6.31. The van der Waals surface area contributed by atoms with Crippen LogP contribution in [0.5, 0.6) is 0 Å². The van der Waals surface area contributed by atoms with E-state index in [-0.39, 0.29) is 5.54 Å². The maximum absolute atomic E-state index is 12.0. The molecule has 0 saturated heterocycles. The molecule has 1 N–H and O–H groups in total. The van der Waals surface area contributed by atoms with E-state index in [1.165, 1.54) is 5.56 Å². The first-order chi connectivity index (χ1) is 7.88. The van der Waals surface area contributed by atoms with Crippen LogP contribution in [0, 0.1) is 6.92 Å². The summed E-state index contributed by atoms with van der Waals surface area (Å²) in [5.41, 5.74) is 1.35. The molecule has 0 aliphatic rings. The number of hydrogen-bond acceptors (Lipinski definition) is 2. The Labute approximate surface area is 107 Å². The van der Waals surface area contributed by atoms with Crippen molar-refractivity contribution in [3.05, 3.63) is 29.8 Å². The largest absolute Gasteiger partial charge is 0.312 e. The normalized spacial score (nSPS) is 13.6. The first kappa shape index (κ1) is 14.4. The molecule has 17 heavy (non-hydrogen) atoms. The lowest BCUT2D eigenvalue weighted by molar-refractivity contribution is 0.427. The van der Waals surface area contributed by atoms with Crippen LogP contribution in [0.15, 0.2) is 29.2 Å². The number of rotatable bonds is 5. The molecule has 1 unspecified atom stereocenters. The minimum atomic E-state index is -0.860. The Kier molecular flexibility index (Phi) is 5.34. The van der Waals surface area contributed by atoms with E-state index >= 15 is 0 Å². The highest BCUT2D eigenvalue weighted by atomic mass is 32.2. The van der Waals surface area contributed by atoms with Crippen LogP contribution in [0.1, 0.15) is 32.8 Å². The van der Waals surface area contributed by atoms with Gasteiger partial charge in [-0.3, -0.25) is 4.21 Å². The van der Waals surface area contributed by atoms with Crippen molar-refractivity contribution in [3.8, 4) is 0 Å². The third-order valence-corrected chi connectivity index (χ3v) is 3.90. The standard InChI is InChI=1S/C14H23NOS/c1-12-6-8-13(9-7-12)17(16)11-5-10-15-14(2,3)4/h6-9,15H,5,10-11H2,1-4H3. The fraction of sp³-hybridized carbons (Fsp3) is 0.571. The number of benzene rings is 1. The van der Waals surface area contributed by atoms with Gasteiger partial charge in [-0.2, -0.15) is 0 Å². The predicted octanol–water partition coefficient (Wildman–Crippen LogP) is 2.88. The van der Waals surface area contributed by atoms with E-state index in [0.29, 0.717) is 0 Å². The van der Waals surface area contributed by atoms with Gasteiger partial charge in [0.25, 0.3) is 0 Å². The molecular weight excluding hydrogens is 230 g/mol. The Bertz CT molecular complexity index is 365. The molecule has 0 bridgehead atoms. The maximum Gasteiger partial charge on any atom is 0.0529 e. The van der Waals surface area contributed by atoms with Gasteiger partial charge >= 0.3 is 0 Å².